The first kappa shape index (κ1) is 16.1. The van der Waals surface area contributed by atoms with Gasteiger partial charge in [0.1, 0.15) is 0 Å². The summed E-state index contributed by atoms with van der Waals surface area (Å²) in [5.41, 5.74) is 6.21. The van der Waals surface area contributed by atoms with Crippen molar-refractivity contribution >= 4 is 17.2 Å². The maximum Gasteiger partial charge on any atom is 0.417 e. The molecule has 0 amide bonds. The molecule has 0 saturated heterocycles. The van der Waals surface area contributed by atoms with E-state index < -0.39 is 11.7 Å². The van der Waals surface area contributed by atoms with Crippen LogP contribution >= 0.6 is 11.6 Å². The highest BCUT2D eigenvalue weighted by molar-refractivity contribution is 6.33. The Balaban J connectivity index is 2.81. The molecule has 0 unspecified atom stereocenters. The molecule has 0 fully saturated rings. The predicted octanol–water partition coefficient (Wildman–Crippen LogP) is 3.81. The SMILES string of the molecule is CC(C)(C)c1nc2c(Cl)cc(C(F)(F)F)cn2c1CCN. The quantitative estimate of drug-likeness (QED) is 0.914. The van der Waals surface area contributed by atoms with Crippen molar-refractivity contribution in [1.29, 1.82) is 0 Å². The van der Waals surface area contributed by atoms with Crippen LogP contribution in [0.5, 0.6) is 0 Å². The van der Waals surface area contributed by atoms with Gasteiger partial charge in [-0.05, 0) is 12.6 Å². The Morgan fingerprint density at radius 3 is 2.38 bits per heavy atom. The molecule has 0 aliphatic carbocycles. The van der Waals surface area contributed by atoms with Gasteiger partial charge in [0.05, 0.1) is 16.3 Å². The number of imidazole rings is 1. The second kappa shape index (κ2) is 5.18. The van der Waals surface area contributed by atoms with Gasteiger partial charge in [-0.2, -0.15) is 13.2 Å². The molecule has 0 aromatic carbocycles. The van der Waals surface area contributed by atoms with Gasteiger partial charge in [-0.3, -0.25) is 0 Å². The van der Waals surface area contributed by atoms with Crippen molar-refractivity contribution in [1.82, 2.24) is 9.38 Å². The maximum absolute atomic E-state index is 12.9. The highest BCUT2D eigenvalue weighted by Gasteiger charge is 2.33. The minimum absolute atomic E-state index is 0.0152. The van der Waals surface area contributed by atoms with Crippen LogP contribution in [0.2, 0.25) is 5.02 Å². The molecule has 2 N–H and O–H groups in total. The largest absolute Gasteiger partial charge is 0.417 e. The Hall–Kier alpha value is -1.27. The summed E-state index contributed by atoms with van der Waals surface area (Å²) in [5.74, 6) is 0. The first-order valence-corrected chi connectivity index (χ1v) is 6.91. The highest BCUT2D eigenvalue weighted by Crippen LogP contribution is 2.35. The molecule has 0 aliphatic heterocycles. The van der Waals surface area contributed by atoms with Gasteiger partial charge >= 0.3 is 6.18 Å². The lowest BCUT2D eigenvalue weighted by atomic mass is 9.90. The van der Waals surface area contributed by atoms with E-state index in [1.54, 1.807) is 0 Å². The Labute approximate surface area is 125 Å². The molecular formula is C14H17ClF3N3. The van der Waals surface area contributed by atoms with E-state index in [9.17, 15) is 13.2 Å². The van der Waals surface area contributed by atoms with E-state index in [1.807, 2.05) is 20.8 Å². The lowest BCUT2D eigenvalue weighted by Crippen LogP contribution is -2.17. The molecule has 3 nitrogen and oxygen atoms in total. The van der Waals surface area contributed by atoms with Crippen molar-refractivity contribution in [2.24, 2.45) is 5.73 Å². The number of fused-ring (bicyclic) bond motifs is 1. The van der Waals surface area contributed by atoms with Gasteiger partial charge < -0.3 is 10.1 Å². The van der Waals surface area contributed by atoms with Gasteiger partial charge in [0.2, 0.25) is 0 Å². The Kier molecular flexibility index (Phi) is 3.97. The normalized spacial score (nSPS) is 13.1. The van der Waals surface area contributed by atoms with Crippen LogP contribution in [0.1, 0.15) is 37.7 Å². The average Bonchev–Trinajstić information content (AvgIpc) is 2.68. The van der Waals surface area contributed by atoms with Crippen molar-refractivity contribution in [3.63, 3.8) is 0 Å². The lowest BCUT2D eigenvalue weighted by Gasteiger charge is -2.17. The van der Waals surface area contributed by atoms with E-state index in [2.05, 4.69) is 4.98 Å². The zero-order valence-electron chi connectivity index (χ0n) is 12.1. The third-order valence-electron chi connectivity index (χ3n) is 3.19. The van der Waals surface area contributed by atoms with Gasteiger partial charge in [0.25, 0.3) is 0 Å². The molecule has 0 saturated carbocycles. The number of rotatable bonds is 2. The summed E-state index contributed by atoms with van der Waals surface area (Å²) in [5, 5.41) is -0.0152. The molecule has 2 aromatic heterocycles. The molecule has 2 heterocycles. The van der Waals surface area contributed by atoms with Gasteiger partial charge in [-0.25, -0.2) is 4.98 Å². The molecule has 2 rings (SSSR count). The number of nitrogens with zero attached hydrogens (tertiary/aromatic N) is 2. The molecule has 2 aromatic rings. The fourth-order valence-corrected chi connectivity index (χ4v) is 2.53. The molecule has 21 heavy (non-hydrogen) atoms. The molecular weight excluding hydrogens is 303 g/mol. The van der Waals surface area contributed by atoms with Crippen molar-refractivity contribution in [2.75, 3.05) is 6.54 Å². The zero-order chi connectivity index (χ0) is 16.0. The number of aromatic nitrogens is 2. The Morgan fingerprint density at radius 1 is 1.29 bits per heavy atom. The Morgan fingerprint density at radius 2 is 1.90 bits per heavy atom. The van der Waals surface area contributed by atoms with Crippen molar-refractivity contribution in [2.45, 2.75) is 38.8 Å². The fourth-order valence-electron chi connectivity index (χ4n) is 2.28. The standard InChI is InChI=1S/C14H17ClF3N3/c1-13(2,3)11-10(4-5-19)21-7-8(14(16,17)18)6-9(15)12(21)20-11/h6-7H,4-5,19H2,1-3H3. The summed E-state index contributed by atoms with van der Waals surface area (Å²) in [6.07, 6.45) is -2.98. The maximum atomic E-state index is 12.9. The first-order chi connectivity index (χ1) is 9.55. The third kappa shape index (κ3) is 3.01. The molecule has 0 atom stereocenters. The smallest absolute Gasteiger partial charge is 0.330 e. The fraction of sp³-hybridized carbons (Fsp3) is 0.500. The highest BCUT2D eigenvalue weighted by atomic mass is 35.5. The summed E-state index contributed by atoms with van der Waals surface area (Å²) in [7, 11) is 0. The summed E-state index contributed by atoms with van der Waals surface area (Å²) < 4.78 is 40.2. The summed E-state index contributed by atoms with van der Waals surface area (Å²) in [4.78, 5) is 4.43. The van der Waals surface area contributed by atoms with Crippen LogP contribution < -0.4 is 5.73 Å². The van der Waals surface area contributed by atoms with Crippen LogP contribution in [0.15, 0.2) is 12.3 Å². The van der Waals surface area contributed by atoms with E-state index in [0.29, 0.717) is 30.0 Å². The van der Waals surface area contributed by atoms with Crippen LogP contribution in [0, 0.1) is 0 Å². The van der Waals surface area contributed by atoms with Crippen LogP contribution in [0.3, 0.4) is 0 Å². The minimum Gasteiger partial charge on any atom is -0.330 e. The van der Waals surface area contributed by atoms with Crippen LogP contribution in [-0.4, -0.2) is 15.9 Å². The van der Waals surface area contributed by atoms with E-state index >= 15 is 0 Å². The molecule has 7 heteroatoms. The Bertz CT molecular complexity index is 669. The van der Waals surface area contributed by atoms with E-state index in [1.165, 1.54) is 4.40 Å². The number of alkyl halides is 3. The van der Waals surface area contributed by atoms with Crippen LogP contribution in [0.25, 0.3) is 5.65 Å². The number of nitrogens with two attached hydrogens (primary N) is 1. The summed E-state index contributed by atoms with van der Waals surface area (Å²) in [6, 6.07) is 0.905. The third-order valence-corrected chi connectivity index (χ3v) is 3.47. The second-order valence-electron chi connectivity index (χ2n) is 5.96. The number of pyridine rings is 1. The molecule has 0 spiro atoms. The molecule has 0 aliphatic rings. The van der Waals surface area contributed by atoms with E-state index in [-0.39, 0.29) is 10.4 Å². The van der Waals surface area contributed by atoms with Crippen molar-refractivity contribution in [3.05, 3.63) is 34.2 Å². The molecule has 116 valence electrons. The van der Waals surface area contributed by atoms with Gasteiger partial charge in [0.15, 0.2) is 5.65 Å². The average molecular weight is 320 g/mol. The monoisotopic (exact) mass is 319 g/mol. The van der Waals surface area contributed by atoms with E-state index in [4.69, 9.17) is 17.3 Å². The van der Waals surface area contributed by atoms with Gasteiger partial charge in [-0.15, -0.1) is 0 Å². The zero-order valence-corrected chi connectivity index (χ0v) is 12.8. The van der Waals surface area contributed by atoms with Crippen molar-refractivity contribution in [3.8, 4) is 0 Å². The summed E-state index contributed by atoms with van der Waals surface area (Å²) >= 11 is 5.99. The van der Waals surface area contributed by atoms with Gasteiger partial charge in [-0.1, -0.05) is 32.4 Å². The summed E-state index contributed by atoms with van der Waals surface area (Å²) in [6.45, 7) is 6.18. The number of halogens is 4. The van der Waals surface area contributed by atoms with Gasteiger partial charge in [0, 0.05) is 23.7 Å². The number of hydrogen-bond donors (Lipinski definition) is 1. The van der Waals surface area contributed by atoms with Crippen LogP contribution in [-0.2, 0) is 18.0 Å². The number of hydrogen-bond acceptors (Lipinski definition) is 2. The first-order valence-electron chi connectivity index (χ1n) is 6.54. The minimum atomic E-state index is -4.45. The molecule has 0 bridgehead atoms. The molecule has 0 radical (unpaired) electrons. The topological polar surface area (TPSA) is 43.3 Å². The lowest BCUT2D eigenvalue weighted by molar-refractivity contribution is -0.137. The van der Waals surface area contributed by atoms with Crippen LogP contribution in [0.4, 0.5) is 13.2 Å². The van der Waals surface area contributed by atoms with E-state index in [0.717, 1.165) is 12.3 Å². The van der Waals surface area contributed by atoms with Crippen molar-refractivity contribution < 1.29 is 13.2 Å². The second-order valence-corrected chi connectivity index (χ2v) is 6.37. The predicted molar refractivity (Wildman–Crippen MR) is 76.7 cm³/mol.